The fourth-order valence-corrected chi connectivity index (χ4v) is 2.68. The Kier molecular flexibility index (Phi) is 4.08. The van der Waals surface area contributed by atoms with Gasteiger partial charge in [0, 0.05) is 48.4 Å². The van der Waals surface area contributed by atoms with Crippen molar-refractivity contribution in [2.24, 2.45) is 0 Å². The highest BCUT2D eigenvalue weighted by Crippen LogP contribution is 2.25. The summed E-state index contributed by atoms with van der Waals surface area (Å²) in [7, 11) is 0. The summed E-state index contributed by atoms with van der Waals surface area (Å²) >= 11 is 5.94. The van der Waals surface area contributed by atoms with Crippen molar-refractivity contribution in [3.05, 3.63) is 38.9 Å². The molecule has 1 heterocycles. The molecule has 1 fully saturated rings. The predicted octanol–water partition coefficient (Wildman–Crippen LogP) is 2.43. The highest BCUT2D eigenvalue weighted by atomic mass is 35.5. The van der Waals surface area contributed by atoms with Gasteiger partial charge >= 0.3 is 0 Å². The van der Waals surface area contributed by atoms with Crippen LogP contribution in [0.5, 0.6) is 0 Å². The summed E-state index contributed by atoms with van der Waals surface area (Å²) in [6.45, 7) is 7.45. The lowest BCUT2D eigenvalue weighted by atomic mass is 10.0. The van der Waals surface area contributed by atoms with Crippen molar-refractivity contribution in [2.75, 3.05) is 19.6 Å². The number of nitrogens with one attached hydrogen (secondary N) is 1. The zero-order chi connectivity index (χ0) is 14.0. The Hall–Kier alpha value is -1.17. The topological polar surface area (TPSA) is 58.4 Å². The van der Waals surface area contributed by atoms with Crippen LogP contribution in [0.2, 0.25) is 5.02 Å². The van der Waals surface area contributed by atoms with Gasteiger partial charge in [-0.25, -0.2) is 0 Å². The smallest absolute Gasteiger partial charge is 0.273 e. The molecule has 0 saturated carbocycles. The Labute approximate surface area is 117 Å². The highest BCUT2D eigenvalue weighted by Gasteiger charge is 2.27. The van der Waals surface area contributed by atoms with Crippen LogP contribution in [0.3, 0.4) is 0 Å². The number of hydrogen-bond donors (Lipinski definition) is 1. The van der Waals surface area contributed by atoms with Gasteiger partial charge in [0.2, 0.25) is 0 Å². The quantitative estimate of drug-likeness (QED) is 0.684. The van der Waals surface area contributed by atoms with Crippen LogP contribution in [0.1, 0.15) is 19.4 Å². The maximum Gasteiger partial charge on any atom is 0.273 e. The minimum Gasteiger partial charge on any atom is -0.309 e. The van der Waals surface area contributed by atoms with Gasteiger partial charge in [-0.3, -0.25) is 15.0 Å². The molecule has 6 heteroatoms. The lowest BCUT2D eigenvalue weighted by Crippen LogP contribution is -2.56. The largest absolute Gasteiger partial charge is 0.309 e. The van der Waals surface area contributed by atoms with E-state index in [9.17, 15) is 10.1 Å². The number of nitro groups is 1. The fraction of sp³-hybridized carbons (Fsp3) is 0.538. The second-order valence-electron chi connectivity index (χ2n) is 5.55. The third-order valence-corrected chi connectivity index (χ3v) is 3.52. The summed E-state index contributed by atoms with van der Waals surface area (Å²) in [6.07, 6.45) is 0. The molecule has 1 saturated heterocycles. The second kappa shape index (κ2) is 5.45. The maximum atomic E-state index is 11.0. The van der Waals surface area contributed by atoms with Gasteiger partial charge in [-0.2, -0.15) is 0 Å². The van der Waals surface area contributed by atoms with Crippen molar-refractivity contribution < 1.29 is 4.92 Å². The third-order valence-electron chi connectivity index (χ3n) is 3.28. The Bertz CT molecular complexity index is 491. The number of nitrogens with zero attached hydrogens (tertiary/aromatic N) is 2. The molecule has 1 aromatic rings. The molecule has 1 aromatic carbocycles. The average Bonchev–Trinajstić information content (AvgIpc) is 2.27. The molecule has 1 N–H and O–H groups in total. The first-order chi connectivity index (χ1) is 8.87. The van der Waals surface area contributed by atoms with Gasteiger partial charge in [0.15, 0.2) is 0 Å². The number of hydrogen-bond acceptors (Lipinski definition) is 4. The summed E-state index contributed by atoms with van der Waals surface area (Å²) < 4.78 is 0. The molecule has 0 bridgehead atoms. The summed E-state index contributed by atoms with van der Waals surface area (Å²) in [5.74, 6) is 0. The monoisotopic (exact) mass is 283 g/mol. The van der Waals surface area contributed by atoms with Crippen molar-refractivity contribution in [1.29, 1.82) is 0 Å². The van der Waals surface area contributed by atoms with E-state index in [1.165, 1.54) is 6.07 Å². The fourth-order valence-electron chi connectivity index (χ4n) is 2.48. The molecule has 5 nitrogen and oxygen atoms in total. The molecule has 0 unspecified atom stereocenters. The Morgan fingerprint density at radius 1 is 1.53 bits per heavy atom. The normalized spacial score (nSPS) is 19.3. The van der Waals surface area contributed by atoms with Crippen LogP contribution in [0, 0.1) is 10.1 Å². The van der Waals surface area contributed by atoms with E-state index in [0.29, 0.717) is 17.1 Å². The molecular formula is C13H18ClN3O2. The molecule has 2 rings (SSSR count). The number of piperazine rings is 1. The van der Waals surface area contributed by atoms with Crippen LogP contribution in [0.4, 0.5) is 5.69 Å². The number of halogens is 1. The number of rotatable bonds is 3. The van der Waals surface area contributed by atoms with Gasteiger partial charge in [0.25, 0.3) is 5.69 Å². The Morgan fingerprint density at radius 3 is 2.89 bits per heavy atom. The van der Waals surface area contributed by atoms with Crippen molar-refractivity contribution in [2.45, 2.75) is 25.9 Å². The second-order valence-corrected chi connectivity index (χ2v) is 5.99. The first-order valence-electron chi connectivity index (χ1n) is 6.28. The predicted molar refractivity (Wildman–Crippen MR) is 75.5 cm³/mol. The van der Waals surface area contributed by atoms with E-state index < -0.39 is 0 Å². The molecule has 1 aliphatic rings. The standard InChI is InChI=1S/C13H18ClN3O2/c1-13(2)9-16(6-5-15-13)8-10-7-11(14)3-4-12(10)17(18)19/h3-4,7,15H,5-6,8-9H2,1-2H3. The Balaban J connectivity index is 2.18. The van der Waals surface area contributed by atoms with Crippen LogP contribution in [-0.2, 0) is 6.54 Å². The zero-order valence-electron chi connectivity index (χ0n) is 11.1. The summed E-state index contributed by atoms with van der Waals surface area (Å²) in [5.41, 5.74) is 0.849. The molecule has 1 aliphatic heterocycles. The van der Waals surface area contributed by atoms with Gasteiger partial charge in [-0.05, 0) is 26.0 Å². The van der Waals surface area contributed by atoms with Gasteiger partial charge in [-0.1, -0.05) is 11.6 Å². The molecule has 0 atom stereocenters. The molecule has 104 valence electrons. The van der Waals surface area contributed by atoms with Crippen LogP contribution in [0.25, 0.3) is 0 Å². The summed E-state index contributed by atoms with van der Waals surface area (Å²) in [6, 6.07) is 4.73. The van der Waals surface area contributed by atoms with Gasteiger partial charge < -0.3 is 5.32 Å². The minimum atomic E-state index is -0.348. The van der Waals surface area contributed by atoms with Crippen LogP contribution in [-0.4, -0.2) is 35.0 Å². The molecule has 19 heavy (non-hydrogen) atoms. The SMILES string of the molecule is CC1(C)CN(Cc2cc(Cl)ccc2[N+](=O)[O-])CCN1. The summed E-state index contributed by atoms with van der Waals surface area (Å²) in [5, 5.41) is 15.0. The average molecular weight is 284 g/mol. The number of nitro benzene ring substituents is 1. The first-order valence-corrected chi connectivity index (χ1v) is 6.65. The van der Waals surface area contributed by atoms with Gasteiger partial charge in [-0.15, -0.1) is 0 Å². The van der Waals surface area contributed by atoms with E-state index >= 15 is 0 Å². The van der Waals surface area contributed by atoms with E-state index in [1.54, 1.807) is 12.1 Å². The van der Waals surface area contributed by atoms with E-state index in [-0.39, 0.29) is 16.1 Å². The molecule has 0 radical (unpaired) electrons. The molecular weight excluding hydrogens is 266 g/mol. The van der Waals surface area contributed by atoms with Crippen molar-refractivity contribution >= 4 is 17.3 Å². The van der Waals surface area contributed by atoms with Crippen LogP contribution < -0.4 is 5.32 Å². The van der Waals surface area contributed by atoms with E-state index in [2.05, 4.69) is 24.1 Å². The molecule has 0 amide bonds. The third kappa shape index (κ3) is 3.65. The highest BCUT2D eigenvalue weighted by molar-refractivity contribution is 6.30. The lowest BCUT2D eigenvalue weighted by molar-refractivity contribution is -0.385. The van der Waals surface area contributed by atoms with Crippen LogP contribution >= 0.6 is 11.6 Å². The van der Waals surface area contributed by atoms with Crippen LogP contribution in [0.15, 0.2) is 18.2 Å². The maximum absolute atomic E-state index is 11.0. The van der Waals surface area contributed by atoms with E-state index in [4.69, 9.17) is 11.6 Å². The Morgan fingerprint density at radius 2 is 2.26 bits per heavy atom. The van der Waals surface area contributed by atoms with E-state index in [1.807, 2.05) is 0 Å². The zero-order valence-corrected chi connectivity index (χ0v) is 11.9. The summed E-state index contributed by atoms with van der Waals surface area (Å²) in [4.78, 5) is 12.9. The van der Waals surface area contributed by atoms with E-state index in [0.717, 1.165) is 19.6 Å². The van der Waals surface area contributed by atoms with Crippen molar-refractivity contribution in [3.63, 3.8) is 0 Å². The number of benzene rings is 1. The molecule has 0 aromatic heterocycles. The van der Waals surface area contributed by atoms with Crippen molar-refractivity contribution in [1.82, 2.24) is 10.2 Å². The lowest BCUT2D eigenvalue weighted by Gasteiger charge is -2.39. The van der Waals surface area contributed by atoms with Gasteiger partial charge in [0.1, 0.15) is 0 Å². The van der Waals surface area contributed by atoms with Gasteiger partial charge in [0.05, 0.1) is 4.92 Å². The first kappa shape index (κ1) is 14.2. The minimum absolute atomic E-state index is 0.0333. The molecule has 0 aliphatic carbocycles. The van der Waals surface area contributed by atoms with Crippen molar-refractivity contribution in [3.8, 4) is 0 Å². The molecule has 0 spiro atoms.